The van der Waals surface area contributed by atoms with E-state index in [9.17, 15) is 9.59 Å². The van der Waals surface area contributed by atoms with Crippen molar-refractivity contribution in [2.24, 2.45) is 5.92 Å². The van der Waals surface area contributed by atoms with Gasteiger partial charge in [-0.2, -0.15) is 0 Å². The second kappa shape index (κ2) is 10.2. The van der Waals surface area contributed by atoms with Crippen LogP contribution in [0.3, 0.4) is 0 Å². The Labute approximate surface area is 201 Å². The van der Waals surface area contributed by atoms with Gasteiger partial charge in [-0.05, 0) is 66.9 Å². The molecule has 3 aromatic heterocycles. The molecule has 5 heterocycles. The molecule has 2 saturated heterocycles. The van der Waals surface area contributed by atoms with Crippen molar-refractivity contribution in [2.75, 3.05) is 24.5 Å². The molecule has 34 heavy (non-hydrogen) atoms. The maximum absolute atomic E-state index is 11.8. The summed E-state index contributed by atoms with van der Waals surface area (Å²) in [5, 5.41) is 5.49. The topological polar surface area (TPSA) is 113 Å². The average molecular weight is 477 g/mol. The fraction of sp³-hybridized carbons (Fsp3) is 0.292. The van der Waals surface area contributed by atoms with Crippen LogP contribution in [0.4, 0.5) is 10.7 Å². The lowest BCUT2D eigenvalue weighted by atomic mass is 9.97. The molecule has 10 heteroatoms. The lowest BCUT2D eigenvalue weighted by Gasteiger charge is -2.32. The number of thioether (sulfide) groups is 1. The van der Waals surface area contributed by atoms with Crippen molar-refractivity contribution in [1.29, 1.82) is 0 Å². The zero-order valence-electron chi connectivity index (χ0n) is 18.4. The van der Waals surface area contributed by atoms with Gasteiger partial charge in [0.15, 0.2) is 0 Å². The Bertz CT molecular complexity index is 1200. The number of furan rings is 1. The molecule has 5 rings (SSSR count). The van der Waals surface area contributed by atoms with E-state index < -0.39 is 0 Å². The number of amides is 2. The normalized spacial score (nSPS) is 18.0. The van der Waals surface area contributed by atoms with Gasteiger partial charge in [0, 0.05) is 37.6 Å². The molecule has 3 aromatic rings. The standard InChI is InChI=1S/C24H24N6O3S/c31-22-20(34-24(32)29-22)12-19-3-8-27-23(28-19)30-9-4-16(5-10-30)13-25-14-17-2-1-7-26-21(17)18-6-11-33-15-18/h1-3,6-8,11-12,15-16,25H,4-5,9-10,13-14H2,(H,29,31,32)/b20-12-. The number of hydrogen-bond acceptors (Lipinski definition) is 9. The van der Waals surface area contributed by atoms with Crippen molar-refractivity contribution in [1.82, 2.24) is 25.6 Å². The van der Waals surface area contributed by atoms with Crippen LogP contribution >= 0.6 is 11.8 Å². The number of nitrogens with one attached hydrogen (secondary N) is 2. The van der Waals surface area contributed by atoms with E-state index in [0.717, 1.165) is 67.6 Å². The summed E-state index contributed by atoms with van der Waals surface area (Å²) >= 11 is 0.888. The Kier molecular flexibility index (Phi) is 6.68. The quantitative estimate of drug-likeness (QED) is 0.495. The molecule has 2 aliphatic rings. The summed E-state index contributed by atoms with van der Waals surface area (Å²) in [7, 11) is 0. The monoisotopic (exact) mass is 476 g/mol. The minimum absolute atomic E-state index is 0.351. The molecule has 0 spiro atoms. The Hall–Kier alpha value is -3.50. The van der Waals surface area contributed by atoms with E-state index in [0.29, 0.717) is 22.5 Å². The third kappa shape index (κ3) is 5.18. The summed E-state index contributed by atoms with van der Waals surface area (Å²) < 4.78 is 5.21. The number of nitrogens with zero attached hydrogens (tertiary/aromatic N) is 4. The van der Waals surface area contributed by atoms with E-state index in [1.54, 1.807) is 37.1 Å². The minimum Gasteiger partial charge on any atom is -0.472 e. The fourth-order valence-electron chi connectivity index (χ4n) is 4.14. The van der Waals surface area contributed by atoms with E-state index in [1.165, 1.54) is 0 Å². The van der Waals surface area contributed by atoms with E-state index >= 15 is 0 Å². The highest BCUT2D eigenvalue weighted by molar-refractivity contribution is 8.18. The summed E-state index contributed by atoms with van der Waals surface area (Å²) in [6, 6.07) is 7.71. The lowest BCUT2D eigenvalue weighted by molar-refractivity contribution is -0.115. The van der Waals surface area contributed by atoms with Crippen LogP contribution in [0.1, 0.15) is 24.1 Å². The van der Waals surface area contributed by atoms with Crippen LogP contribution in [0.2, 0.25) is 0 Å². The van der Waals surface area contributed by atoms with Crippen LogP contribution in [0, 0.1) is 5.92 Å². The summed E-state index contributed by atoms with van der Waals surface area (Å²) in [5.41, 5.74) is 3.70. The maximum Gasteiger partial charge on any atom is 0.290 e. The molecule has 2 N–H and O–H groups in total. The van der Waals surface area contributed by atoms with Gasteiger partial charge in [-0.25, -0.2) is 9.97 Å². The van der Waals surface area contributed by atoms with E-state index in [1.807, 2.05) is 12.1 Å². The van der Waals surface area contributed by atoms with Crippen LogP contribution in [0.15, 0.2) is 58.5 Å². The zero-order valence-corrected chi connectivity index (χ0v) is 19.3. The SMILES string of the molecule is O=C1NC(=O)/C(=C/c2ccnc(N3CCC(CNCc4cccnc4-c4ccoc4)CC3)n2)S1. The van der Waals surface area contributed by atoms with Gasteiger partial charge >= 0.3 is 0 Å². The molecule has 9 nitrogen and oxygen atoms in total. The molecule has 0 bridgehead atoms. The largest absolute Gasteiger partial charge is 0.472 e. The van der Waals surface area contributed by atoms with Gasteiger partial charge in [-0.1, -0.05) is 6.07 Å². The predicted molar refractivity (Wildman–Crippen MR) is 130 cm³/mol. The molecular weight excluding hydrogens is 452 g/mol. The number of aromatic nitrogens is 3. The van der Waals surface area contributed by atoms with Gasteiger partial charge in [0.2, 0.25) is 5.95 Å². The molecule has 0 aliphatic carbocycles. The van der Waals surface area contributed by atoms with Crippen LogP contribution in [0.5, 0.6) is 0 Å². The number of imide groups is 1. The average Bonchev–Trinajstić information content (AvgIpc) is 3.50. The third-order valence-corrected chi connectivity index (χ3v) is 6.73. The van der Waals surface area contributed by atoms with Gasteiger partial charge in [-0.3, -0.25) is 19.9 Å². The van der Waals surface area contributed by atoms with E-state index in [-0.39, 0.29) is 11.1 Å². The number of rotatable bonds is 7. The highest BCUT2D eigenvalue weighted by Gasteiger charge is 2.25. The first-order valence-electron chi connectivity index (χ1n) is 11.2. The van der Waals surface area contributed by atoms with Crippen molar-refractivity contribution >= 4 is 34.9 Å². The smallest absolute Gasteiger partial charge is 0.290 e. The number of anilines is 1. The molecule has 174 valence electrons. The second-order valence-corrected chi connectivity index (χ2v) is 9.23. The summed E-state index contributed by atoms with van der Waals surface area (Å²) in [6.45, 7) is 3.42. The second-order valence-electron chi connectivity index (χ2n) is 8.22. The first kappa shape index (κ1) is 22.3. The number of carbonyl (C=O) groups excluding carboxylic acids is 2. The van der Waals surface area contributed by atoms with Crippen LogP contribution in [0.25, 0.3) is 17.3 Å². The number of piperidine rings is 1. The molecule has 0 aromatic carbocycles. The van der Waals surface area contributed by atoms with Gasteiger partial charge < -0.3 is 14.6 Å². The van der Waals surface area contributed by atoms with Crippen molar-refractivity contribution < 1.29 is 14.0 Å². The third-order valence-electron chi connectivity index (χ3n) is 5.92. The van der Waals surface area contributed by atoms with E-state index in [2.05, 4.69) is 36.6 Å². The first-order chi connectivity index (χ1) is 16.7. The number of hydrogen-bond donors (Lipinski definition) is 2. The summed E-state index contributed by atoms with van der Waals surface area (Å²) in [5.74, 6) is 0.836. The van der Waals surface area contributed by atoms with Gasteiger partial charge in [0.25, 0.3) is 11.1 Å². The zero-order chi connectivity index (χ0) is 23.3. The van der Waals surface area contributed by atoms with Crippen molar-refractivity contribution in [3.63, 3.8) is 0 Å². The van der Waals surface area contributed by atoms with Crippen LogP contribution < -0.4 is 15.5 Å². The van der Waals surface area contributed by atoms with Gasteiger partial charge in [0.1, 0.15) is 0 Å². The van der Waals surface area contributed by atoms with Crippen molar-refractivity contribution in [3.05, 3.63) is 65.3 Å². The highest BCUT2D eigenvalue weighted by Crippen LogP contribution is 2.26. The Morgan fingerprint density at radius 1 is 1.18 bits per heavy atom. The highest BCUT2D eigenvalue weighted by atomic mass is 32.2. The minimum atomic E-state index is -0.383. The maximum atomic E-state index is 11.8. The fourth-order valence-corrected chi connectivity index (χ4v) is 4.81. The molecule has 2 aliphatic heterocycles. The number of carbonyl (C=O) groups is 2. The molecule has 0 radical (unpaired) electrons. The predicted octanol–water partition coefficient (Wildman–Crippen LogP) is 3.46. The van der Waals surface area contributed by atoms with Gasteiger partial charge in [-0.15, -0.1) is 0 Å². The van der Waals surface area contributed by atoms with Crippen LogP contribution in [-0.4, -0.2) is 45.7 Å². The number of pyridine rings is 1. The Morgan fingerprint density at radius 3 is 2.82 bits per heavy atom. The van der Waals surface area contributed by atoms with Crippen LogP contribution in [-0.2, 0) is 11.3 Å². The lowest BCUT2D eigenvalue weighted by Crippen LogP contribution is -2.38. The first-order valence-corrected chi connectivity index (χ1v) is 12.0. The van der Waals surface area contributed by atoms with Gasteiger partial charge in [0.05, 0.1) is 28.8 Å². The molecule has 2 fully saturated rings. The molecular formula is C24H24N6O3S. The molecule has 0 saturated carbocycles. The summed E-state index contributed by atoms with van der Waals surface area (Å²) in [6.07, 6.45) is 10.6. The van der Waals surface area contributed by atoms with Crippen molar-refractivity contribution in [2.45, 2.75) is 19.4 Å². The summed E-state index contributed by atoms with van der Waals surface area (Å²) in [4.78, 5) is 39.2. The molecule has 0 atom stereocenters. The Morgan fingerprint density at radius 2 is 2.06 bits per heavy atom. The molecule has 2 amide bonds. The van der Waals surface area contributed by atoms with Crippen molar-refractivity contribution in [3.8, 4) is 11.3 Å². The Balaban J connectivity index is 1.13. The van der Waals surface area contributed by atoms with E-state index in [4.69, 9.17) is 4.42 Å². The molecule has 0 unspecified atom stereocenters.